The molecule has 1 aliphatic heterocycles. The van der Waals surface area contributed by atoms with Crippen molar-refractivity contribution >= 4 is 0 Å². The van der Waals surface area contributed by atoms with Crippen molar-refractivity contribution in [3.63, 3.8) is 0 Å². The molecule has 2 rings (SSSR count). The second-order valence-corrected chi connectivity index (χ2v) is 4.98. The van der Waals surface area contributed by atoms with Gasteiger partial charge < -0.3 is 10.1 Å². The monoisotopic (exact) mass is 219 g/mol. The number of methoxy groups -OCH3 is 1. The molecular formula is C14H21NO. The number of aryl methyl sites for hydroxylation is 2. The first-order valence-corrected chi connectivity index (χ1v) is 6.00. The quantitative estimate of drug-likeness (QED) is 0.825. The van der Waals surface area contributed by atoms with E-state index in [1.165, 1.54) is 23.1 Å². The highest BCUT2D eigenvalue weighted by molar-refractivity contribution is 5.43. The van der Waals surface area contributed by atoms with Crippen LogP contribution in [0.15, 0.2) is 12.1 Å². The lowest BCUT2D eigenvalue weighted by atomic mass is 9.96. The lowest BCUT2D eigenvalue weighted by molar-refractivity contribution is 0.402. The molecule has 0 saturated carbocycles. The van der Waals surface area contributed by atoms with E-state index in [1.807, 2.05) is 0 Å². The molecule has 0 bridgehead atoms. The Kier molecular flexibility index (Phi) is 3.20. The Morgan fingerprint density at radius 3 is 2.50 bits per heavy atom. The first-order chi connectivity index (χ1) is 7.61. The summed E-state index contributed by atoms with van der Waals surface area (Å²) in [6.07, 6.45) is 1.21. The fourth-order valence-electron chi connectivity index (χ4n) is 2.41. The van der Waals surface area contributed by atoms with E-state index >= 15 is 0 Å². The van der Waals surface area contributed by atoms with E-state index in [9.17, 15) is 0 Å². The predicted octanol–water partition coefficient (Wildman–Crippen LogP) is 2.98. The van der Waals surface area contributed by atoms with Crippen LogP contribution in [-0.2, 0) is 0 Å². The van der Waals surface area contributed by atoms with Gasteiger partial charge in [-0.05, 0) is 49.9 Å². The molecule has 1 N–H and O–H groups in total. The van der Waals surface area contributed by atoms with Crippen LogP contribution in [0.5, 0.6) is 5.75 Å². The molecule has 16 heavy (non-hydrogen) atoms. The van der Waals surface area contributed by atoms with Crippen LogP contribution in [0.2, 0.25) is 0 Å². The fourth-order valence-corrected chi connectivity index (χ4v) is 2.41. The largest absolute Gasteiger partial charge is 0.496 e. The standard InChI is InChI=1S/C14H21NO/c1-9-5-13(15-8-9)12-6-10(2)11(3)7-14(12)16-4/h6-7,9,13,15H,5,8H2,1-4H3/t9-,13-/m0/s1. The van der Waals surface area contributed by atoms with Crippen LogP contribution >= 0.6 is 0 Å². The van der Waals surface area contributed by atoms with Gasteiger partial charge in [0, 0.05) is 11.6 Å². The van der Waals surface area contributed by atoms with E-state index in [-0.39, 0.29) is 0 Å². The third-order valence-corrected chi connectivity index (χ3v) is 3.57. The molecule has 0 aromatic heterocycles. The second kappa shape index (κ2) is 4.46. The summed E-state index contributed by atoms with van der Waals surface area (Å²) in [6, 6.07) is 4.88. The van der Waals surface area contributed by atoms with Gasteiger partial charge >= 0.3 is 0 Å². The molecule has 1 aliphatic rings. The summed E-state index contributed by atoms with van der Waals surface area (Å²) < 4.78 is 5.49. The summed E-state index contributed by atoms with van der Waals surface area (Å²) in [5.74, 6) is 1.78. The molecule has 2 atom stereocenters. The molecule has 0 unspecified atom stereocenters. The molecule has 2 nitrogen and oxygen atoms in total. The molecule has 0 radical (unpaired) electrons. The topological polar surface area (TPSA) is 21.3 Å². The average molecular weight is 219 g/mol. The first-order valence-electron chi connectivity index (χ1n) is 6.00. The van der Waals surface area contributed by atoms with Gasteiger partial charge in [-0.2, -0.15) is 0 Å². The van der Waals surface area contributed by atoms with Gasteiger partial charge in [0.25, 0.3) is 0 Å². The van der Waals surface area contributed by atoms with E-state index in [2.05, 4.69) is 38.2 Å². The van der Waals surface area contributed by atoms with Crippen LogP contribution in [-0.4, -0.2) is 13.7 Å². The van der Waals surface area contributed by atoms with Gasteiger partial charge in [0.15, 0.2) is 0 Å². The third kappa shape index (κ3) is 2.07. The van der Waals surface area contributed by atoms with Crippen molar-refractivity contribution in [3.05, 3.63) is 28.8 Å². The predicted molar refractivity (Wildman–Crippen MR) is 67.0 cm³/mol. The summed E-state index contributed by atoms with van der Waals surface area (Å²) in [7, 11) is 1.76. The maximum absolute atomic E-state index is 5.49. The molecule has 0 amide bonds. The van der Waals surface area contributed by atoms with Crippen molar-refractivity contribution in [2.24, 2.45) is 5.92 Å². The van der Waals surface area contributed by atoms with E-state index in [0.29, 0.717) is 6.04 Å². The van der Waals surface area contributed by atoms with Gasteiger partial charge in [-0.3, -0.25) is 0 Å². The molecule has 2 heteroatoms. The Morgan fingerprint density at radius 1 is 1.25 bits per heavy atom. The second-order valence-electron chi connectivity index (χ2n) is 4.98. The Bertz CT molecular complexity index is 387. The number of rotatable bonds is 2. The lowest BCUT2D eigenvalue weighted by Gasteiger charge is -2.17. The highest BCUT2D eigenvalue weighted by atomic mass is 16.5. The number of nitrogens with one attached hydrogen (secondary N) is 1. The van der Waals surface area contributed by atoms with Crippen LogP contribution in [0.4, 0.5) is 0 Å². The molecule has 1 fully saturated rings. The summed E-state index contributed by atoms with van der Waals surface area (Å²) in [4.78, 5) is 0. The van der Waals surface area contributed by atoms with E-state index in [0.717, 1.165) is 18.2 Å². The molecule has 1 aromatic carbocycles. The summed E-state index contributed by atoms with van der Waals surface area (Å²) in [5, 5.41) is 3.56. The Morgan fingerprint density at radius 2 is 1.94 bits per heavy atom. The van der Waals surface area contributed by atoms with Gasteiger partial charge in [0.1, 0.15) is 5.75 Å². The maximum Gasteiger partial charge on any atom is 0.123 e. The van der Waals surface area contributed by atoms with Crippen LogP contribution in [0.25, 0.3) is 0 Å². The Labute approximate surface area is 98.0 Å². The summed E-state index contributed by atoms with van der Waals surface area (Å²) in [6.45, 7) is 7.70. The SMILES string of the molecule is COc1cc(C)c(C)cc1[C@@H]1C[C@H](C)CN1. The molecule has 88 valence electrons. The van der Waals surface area contributed by atoms with Gasteiger partial charge in [-0.15, -0.1) is 0 Å². The zero-order valence-electron chi connectivity index (χ0n) is 10.6. The van der Waals surface area contributed by atoms with Crippen molar-refractivity contribution in [1.82, 2.24) is 5.32 Å². The van der Waals surface area contributed by atoms with E-state index in [4.69, 9.17) is 4.74 Å². The van der Waals surface area contributed by atoms with Crippen molar-refractivity contribution < 1.29 is 4.74 Å². The zero-order valence-corrected chi connectivity index (χ0v) is 10.6. The van der Waals surface area contributed by atoms with Crippen LogP contribution < -0.4 is 10.1 Å². The maximum atomic E-state index is 5.49. The molecule has 1 heterocycles. The normalized spacial score (nSPS) is 24.8. The molecular weight excluding hydrogens is 198 g/mol. The Hall–Kier alpha value is -1.02. The average Bonchev–Trinajstić information content (AvgIpc) is 2.68. The number of benzene rings is 1. The van der Waals surface area contributed by atoms with Gasteiger partial charge in [0.05, 0.1) is 7.11 Å². The van der Waals surface area contributed by atoms with Gasteiger partial charge in [0.2, 0.25) is 0 Å². The fraction of sp³-hybridized carbons (Fsp3) is 0.571. The molecule has 0 spiro atoms. The first kappa shape index (κ1) is 11.5. The summed E-state index contributed by atoms with van der Waals surface area (Å²) >= 11 is 0. The van der Waals surface area contributed by atoms with E-state index in [1.54, 1.807) is 7.11 Å². The van der Waals surface area contributed by atoms with E-state index < -0.39 is 0 Å². The van der Waals surface area contributed by atoms with Crippen molar-refractivity contribution in [3.8, 4) is 5.75 Å². The Balaban J connectivity index is 2.35. The zero-order chi connectivity index (χ0) is 11.7. The lowest BCUT2D eigenvalue weighted by Crippen LogP contribution is -2.14. The van der Waals surface area contributed by atoms with Crippen LogP contribution in [0.1, 0.15) is 36.1 Å². The highest BCUT2D eigenvalue weighted by Gasteiger charge is 2.24. The number of hydrogen-bond donors (Lipinski definition) is 1. The smallest absolute Gasteiger partial charge is 0.123 e. The van der Waals surface area contributed by atoms with Gasteiger partial charge in [-0.25, -0.2) is 0 Å². The molecule has 1 saturated heterocycles. The van der Waals surface area contributed by atoms with Crippen molar-refractivity contribution in [1.29, 1.82) is 0 Å². The molecule has 1 aromatic rings. The summed E-state index contributed by atoms with van der Waals surface area (Å²) in [5.41, 5.74) is 3.96. The number of hydrogen-bond acceptors (Lipinski definition) is 2. The van der Waals surface area contributed by atoms with Crippen LogP contribution in [0, 0.1) is 19.8 Å². The minimum Gasteiger partial charge on any atom is -0.496 e. The third-order valence-electron chi connectivity index (χ3n) is 3.57. The minimum atomic E-state index is 0.462. The number of ether oxygens (including phenoxy) is 1. The van der Waals surface area contributed by atoms with Crippen molar-refractivity contribution in [2.45, 2.75) is 33.2 Å². The van der Waals surface area contributed by atoms with Crippen molar-refractivity contribution in [2.75, 3.05) is 13.7 Å². The van der Waals surface area contributed by atoms with Crippen LogP contribution in [0.3, 0.4) is 0 Å². The highest BCUT2D eigenvalue weighted by Crippen LogP contribution is 2.34. The molecule has 0 aliphatic carbocycles. The van der Waals surface area contributed by atoms with Gasteiger partial charge in [-0.1, -0.05) is 13.0 Å². The minimum absolute atomic E-state index is 0.462.